The van der Waals surface area contributed by atoms with E-state index in [-0.39, 0.29) is 17.7 Å². The molecule has 7 nitrogen and oxygen atoms in total. The zero-order valence-electron chi connectivity index (χ0n) is 17.6. The van der Waals surface area contributed by atoms with Crippen molar-refractivity contribution >= 4 is 11.9 Å². The number of benzene rings is 1. The number of guanidine groups is 1. The van der Waals surface area contributed by atoms with Gasteiger partial charge in [0.25, 0.3) is 0 Å². The number of likely N-dealkylation sites (tertiary alicyclic amines) is 1. The lowest BCUT2D eigenvalue weighted by Crippen LogP contribution is -2.46. The van der Waals surface area contributed by atoms with Crippen molar-refractivity contribution in [2.24, 2.45) is 10.9 Å². The van der Waals surface area contributed by atoms with E-state index in [1.165, 1.54) is 12.1 Å². The molecule has 1 aromatic carbocycles. The molecule has 1 N–H and O–H groups in total. The van der Waals surface area contributed by atoms with E-state index in [1.807, 2.05) is 13.8 Å². The van der Waals surface area contributed by atoms with Crippen LogP contribution in [0, 0.1) is 11.7 Å². The molecule has 1 saturated heterocycles. The number of nitrogens with zero attached hydrogens (tertiary/aromatic N) is 3. The molecule has 2 aromatic rings. The maximum absolute atomic E-state index is 13.1. The molecule has 0 atom stereocenters. The molecule has 1 fully saturated rings. The maximum Gasteiger partial charge on any atom is 0.309 e. The normalized spacial score (nSPS) is 15.3. The molecule has 1 aliphatic rings. The molecular weight excluding hydrogens is 387 g/mol. The number of oxazole rings is 1. The molecule has 1 aromatic heterocycles. The maximum atomic E-state index is 13.1. The first-order valence-electron chi connectivity index (χ1n) is 10.5. The van der Waals surface area contributed by atoms with Crippen LogP contribution in [0.4, 0.5) is 4.39 Å². The molecule has 2 heterocycles. The third-order valence-corrected chi connectivity index (χ3v) is 5.02. The van der Waals surface area contributed by atoms with Crippen LogP contribution in [0.5, 0.6) is 0 Å². The minimum Gasteiger partial charge on any atom is -0.466 e. The summed E-state index contributed by atoms with van der Waals surface area (Å²) in [6.07, 6.45) is 3.80. The largest absolute Gasteiger partial charge is 0.466 e. The Morgan fingerprint density at radius 1 is 1.30 bits per heavy atom. The first kappa shape index (κ1) is 21.8. The van der Waals surface area contributed by atoms with Gasteiger partial charge in [-0.3, -0.25) is 9.79 Å². The Balaban J connectivity index is 1.54. The summed E-state index contributed by atoms with van der Waals surface area (Å²) < 4.78 is 23.7. The standard InChI is InChI=1S/C22H29FN4O3/c1-3-24-22(27-13-10-17(11-14-27)21(28)29-4-2)25-12-9-19-15-30-20(26-19)16-5-7-18(23)8-6-16/h5-8,15,17H,3-4,9-14H2,1-2H3,(H,24,25). The first-order chi connectivity index (χ1) is 14.6. The molecule has 3 rings (SSSR count). The highest BCUT2D eigenvalue weighted by atomic mass is 19.1. The van der Waals surface area contributed by atoms with Gasteiger partial charge in [0.1, 0.15) is 12.1 Å². The molecule has 0 unspecified atom stereocenters. The molecule has 162 valence electrons. The SMILES string of the molecule is CCNC(=NCCc1coc(-c2ccc(F)cc2)n1)N1CCC(C(=O)OCC)CC1. The smallest absolute Gasteiger partial charge is 0.309 e. The summed E-state index contributed by atoms with van der Waals surface area (Å²) in [6, 6.07) is 6.06. The lowest BCUT2D eigenvalue weighted by atomic mass is 9.97. The fraction of sp³-hybridized carbons (Fsp3) is 0.500. The highest BCUT2D eigenvalue weighted by Gasteiger charge is 2.27. The van der Waals surface area contributed by atoms with Gasteiger partial charge in [-0.2, -0.15) is 0 Å². The van der Waals surface area contributed by atoms with Crippen molar-refractivity contribution in [1.29, 1.82) is 0 Å². The average Bonchev–Trinajstić information content (AvgIpc) is 3.23. The van der Waals surface area contributed by atoms with Gasteiger partial charge in [0.15, 0.2) is 5.96 Å². The van der Waals surface area contributed by atoms with Crippen LogP contribution in [-0.4, -0.2) is 54.6 Å². The zero-order valence-corrected chi connectivity index (χ0v) is 17.6. The van der Waals surface area contributed by atoms with Gasteiger partial charge in [-0.15, -0.1) is 0 Å². The summed E-state index contributed by atoms with van der Waals surface area (Å²) in [6.45, 7) is 7.18. The van der Waals surface area contributed by atoms with Crippen LogP contribution >= 0.6 is 0 Å². The topological polar surface area (TPSA) is 80.0 Å². The summed E-state index contributed by atoms with van der Waals surface area (Å²) in [5.41, 5.74) is 1.54. The molecule has 8 heteroatoms. The minimum absolute atomic E-state index is 0.0240. The third-order valence-electron chi connectivity index (χ3n) is 5.02. The number of hydrogen-bond donors (Lipinski definition) is 1. The number of hydrogen-bond acceptors (Lipinski definition) is 5. The van der Waals surface area contributed by atoms with Crippen molar-refractivity contribution in [3.05, 3.63) is 42.0 Å². The van der Waals surface area contributed by atoms with E-state index < -0.39 is 0 Å². The lowest BCUT2D eigenvalue weighted by molar-refractivity contribution is -0.149. The number of nitrogens with one attached hydrogen (secondary N) is 1. The van der Waals surface area contributed by atoms with E-state index in [2.05, 4.69) is 15.2 Å². The van der Waals surface area contributed by atoms with Crippen LogP contribution in [0.15, 0.2) is 39.9 Å². The summed E-state index contributed by atoms with van der Waals surface area (Å²) in [5.74, 6) is 0.914. The van der Waals surface area contributed by atoms with E-state index in [0.29, 0.717) is 25.5 Å². The van der Waals surface area contributed by atoms with Gasteiger partial charge in [-0.1, -0.05) is 0 Å². The molecule has 0 spiro atoms. The Kier molecular flexibility index (Phi) is 7.82. The van der Waals surface area contributed by atoms with Crippen molar-refractivity contribution in [3.8, 4) is 11.5 Å². The predicted molar refractivity (Wildman–Crippen MR) is 113 cm³/mol. The summed E-state index contributed by atoms with van der Waals surface area (Å²) in [4.78, 5) is 23.3. The molecule has 30 heavy (non-hydrogen) atoms. The highest BCUT2D eigenvalue weighted by Crippen LogP contribution is 2.20. The number of aromatic nitrogens is 1. The van der Waals surface area contributed by atoms with E-state index >= 15 is 0 Å². The summed E-state index contributed by atoms with van der Waals surface area (Å²) in [7, 11) is 0. The number of esters is 1. The predicted octanol–water partition coefficient (Wildman–Crippen LogP) is 3.26. The monoisotopic (exact) mass is 416 g/mol. The van der Waals surface area contributed by atoms with Crippen molar-refractivity contribution in [3.63, 3.8) is 0 Å². The van der Waals surface area contributed by atoms with Crippen molar-refractivity contribution in [1.82, 2.24) is 15.2 Å². The van der Waals surface area contributed by atoms with E-state index in [1.54, 1.807) is 18.4 Å². The Hall–Kier alpha value is -2.90. The lowest BCUT2D eigenvalue weighted by Gasteiger charge is -2.33. The van der Waals surface area contributed by atoms with Crippen molar-refractivity contribution in [2.75, 3.05) is 32.8 Å². The molecule has 1 aliphatic heterocycles. The number of ether oxygens (including phenoxy) is 1. The fourth-order valence-electron chi connectivity index (χ4n) is 3.44. The van der Waals surface area contributed by atoms with E-state index in [9.17, 15) is 9.18 Å². The Labute approximate surface area is 176 Å². The van der Waals surface area contributed by atoms with Gasteiger partial charge in [0, 0.05) is 38.2 Å². The van der Waals surface area contributed by atoms with Crippen molar-refractivity contribution < 1.29 is 18.3 Å². The van der Waals surface area contributed by atoms with Crippen molar-refractivity contribution in [2.45, 2.75) is 33.1 Å². The van der Waals surface area contributed by atoms with Crippen LogP contribution < -0.4 is 5.32 Å². The van der Waals surface area contributed by atoms with Gasteiger partial charge < -0.3 is 19.4 Å². The number of aliphatic imine (C=N–C) groups is 1. The van der Waals surface area contributed by atoms with Gasteiger partial charge in [0.2, 0.25) is 5.89 Å². The first-order valence-corrected chi connectivity index (χ1v) is 10.5. The quantitative estimate of drug-likeness (QED) is 0.424. The second-order valence-corrected chi connectivity index (χ2v) is 7.15. The fourth-order valence-corrected chi connectivity index (χ4v) is 3.44. The molecule has 0 aliphatic carbocycles. The average molecular weight is 416 g/mol. The Morgan fingerprint density at radius 3 is 2.70 bits per heavy atom. The Morgan fingerprint density at radius 2 is 2.03 bits per heavy atom. The molecule has 0 bridgehead atoms. The van der Waals surface area contributed by atoms with Crippen LogP contribution in [0.25, 0.3) is 11.5 Å². The van der Waals surface area contributed by atoms with Gasteiger partial charge >= 0.3 is 5.97 Å². The van der Waals surface area contributed by atoms with E-state index in [4.69, 9.17) is 14.1 Å². The van der Waals surface area contributed by atoms with E-state index in [0.717, 1.165) is 49.7 Å². The zero-order chi connectivity index (χ0) is 21.3. The second kappa shape index (κ2) is 10.8. The third kappa shape index (κ3) is 5.81. The molecule has 0 saturated carbocycles. The van der Waals surface area contributed by atoms with Gasteiger partial charge in [-0.25, -0.2) is 9.37 Å². The molecule has 0 radical (unpaired) electrons. The van der Waals surface area contributed by atoms with Crippen LogP contribution in [0.2, 0.25) is 0 Å². The van der Waals surface area contributed by atoms with Crippen LogP contribution in [0.3, 0.4) is 0 Å². The van der Waals surface area contributed by atoms with Crippen LogP contribution in [0.1, 0.15) is 32.4 Å². The number of halogens is 1. The number of carbonyl (C=O) groups excluding carboxylic acids is 1. The Bertz CT molecular complexity index is 842. The van der Waals surface area contributed by atoms with Gasteiger partial charge in [-0.05, 0) is 51.0 Å². The van der Waals surface area contributed by atoms with Gasteiger partial charge in [0.05, 0.1) is 18.2 Å². The number of piperidine rings is 1. The minimum atomic E-state index is -0.290. The molecular formula is C22H29FN4O3. The number of rotatable bonds is 7. The van der Waals surface area contributed by atoms with Crippen LogP contribution in [-0.2, 0) is 16.0 Å². The summed E-state index contributed by atoms with van der Waals surface area (Å²) in [5, 5.41) is 3.32. The molecule has 0 amide bonds. The number of carbonyl (C=O) groups is 1. The highest BCUT2D eigenvalue weighted by molar-refractivity contribution is 5.80. The second-order valence-electron chi connectivity index (χ2n) is 7.15. The summed E-state index contributed by atoms with van der Waals surface area (Å²) >= 11 is 0.